The Morgan fingerprint density at radius 2 is 1.78 bits per heavy atom. The van der Waals surface area contributed by atoms with Crippen LogP contribution >= 0.6 is 38.9 Å². The highest BCUT2D eigenvalue weighted by Crippen LogP contribution is 2.30. The predicted octanol–water partition coefficient (Wildman–Crippen LogP) is 5.58. The van der Waals surface area contributed by atoms with Crippen LogP contribution in [0.25, 0.3) is 0 Å². The Hall–Kier alpha value is -0.350. The molecule has 0 bridgehead atoms. The minimum atomic E-state index is 0.297. The largest absolute Gasteiger partial charge is 0.303 e. The molecule has 0 saturated heterocycles. The molecule has 96 valence electrons. The summed E-state index contributed by atoms with van der Waals surface area (Å²) in [6, 6.07) is 10.7. The fraction of sp³-hybridized carbons (Fsp3) is 0.286. The third-order valence-corrected chi connectivity index (χ3v) is 5.21. The highest BCUT2D eigenvalue weighted by atomic mass is 79.9. The van der Waals surface area contributed by atoms with Crippen molar-refractivity contribution in [2.45, 2.75) is 25.9 Å². The molecule has 1 aromatic carbocycles. The summed E-state index contributed by atoms with van der Waals surface area (Å²) in [6.45, 7) is 4.35. The maximum Gasteiger partial charge on any atom is 0.0406 e. The molecule has 0 aliphatic rings. The molecule has 0 radical (unpaired) electrons. The molecule has 1 N–H and O–H groups in total. The van der Waals surface area contributed by atoms with Gasteiger partial charge in [0.05, 0.1) is 0 Å². The van der Waals surface area contributed by atoms with E-state index >= 15 is 0 Å². The summed E-state index contributed by atoms with van der Waals surface area (Å²) in [4.78, 5) is 1.33. The van der Waals surface area contributed by atoms with E-state index in [9.17, 15) is 0 Å². The van der Waals surface area contributed by atoms with Crippen LogP contribution in [0.2, 0.25) is 5.02 Å². The van der Waals surface area contributed by atoms with Gasteiger partial charge in [-0.3, -0.25) is 0 Å². The van der Waals surface area contributed by atoms with Gasteiger partial charge in [-0.05, 0) is 58.9 Å². The highest BCUT2D eigenvalue weighted by Gasteiger charge is 2.14. The number of benzene rings is 1. The fourth-order valence-electron chi connectivity index (χ4n) is 1.91. The molecule has 18 heavy (non-hydrogen) atoms. The molecule has 4 heteroatoms. The topological polar surface area (TPSA) is 12.0 Å². The van der Waals surface area contributed by atoms with Gasteiger partial charge < -0.3 is 5.32 Å². The van der Waals surface area contributed by atoms with Gasteiger partial charge in [-0.1, -0.05) is 23.7 Å². The van der Waals surface area contributed by atoms with Crippen molar-refractivity contribution in [1.29, 1.82) is 0 Å². The lowest BCUT2D eigenvalue weighted by molar-refractivity contribution is 0.499. The number of nitrogens with one attached hydrogen (secondary N) is 1. The normalized spacial score (nSPS) is 14.4. The maximum absolute atomic E-state index is 5.90. The molecule has 0 saturated carbocycles. The third kappa shape index (κ3) is 3.35. The zero-order valence-corrected chi connectivity index (χ0v) is 13.4. The summed E-state index contributed by atoms with van der Waals surface area (Å²) in [5.41, 5.74) is 1.25. The first-order valence-electron chi connectivity index (χ1n) is 5.82. The Morgan fingerprint density at radius 1 is 1.11 bits per heavy atom. The van der Waals surface area contributed by atoms with E-state index in [1.54, 1.807) is 11.3 Å². The van der Waals surface area contributed by atoms with Crippen LogP contribution in [0.1, 0.15) is 36.4 Å². The second-order valence-electron chi connectivity index (χ2n) is 4.29. The summed E-state index contributed by atoms with van der Waals surface area (Å²) in [7, 11) is 0. The van der Waals surface area contributed by atoms with E-state index in [2.05, 4.69) is 58.7 Å². The van der Waals surface area contributed by atoms with Crippen LogP contribution in [-0.4, -0.2) is 0 Å². The second-order valence-corrected chi connectivity index (χ2v) is 6.53. The summed E-state index contributed by atoms with van der Waals surface area (Å²) in [5, 5.41) is 6.48. The minimum absolute atomic E-state index is 0.297. The molecule has 0 amide bonds. The van der Waals surface area contributed by atoms with Crippen molar-refractivity contribution < 1.29 is 0 Å². The summed E-state index contributed by atoms with van der Waals surface area (Å²) < 4.78 is 1.18. The van der Waals surface area contributed by atoms with Gasteiger partial charge in [0.15, 0.2) is 0 Å². The maximum atomic E-state index is 5.90. The van der Waals surface area contributed by atoms with Crippen LogP contribution < -0.4 is 5.32 Å². The monoisotopic (exact) mass is 343 g/mol. The molecular formula is C14H15BrClNS. The quantitative estimate of drug-likeness (QED) is 0.764. The molecule has 0 aliphatic heterocycles. The molecule has 2 rings (SSSR count). The molecule has 2 aromatic rings. The second kappa shape index (κ2) is 6.20. The SMILES string of the molecule is CC(N[C@H](C)c1ccc(Cl)cc1)c1sccc1Br. The van der Waals surface area contributed by atoms with Crippen molar-refractivity contribution in [3.63, 3.8) is 0 Å². The van der Waals surface area contributed by atoms with Gasteiger partial charge in [0, 0.05) is 26.5 Å². The van der Waals surface area contributed by atoms with Crippen LogP contribution in [0.4, 0.5) is 0 Å². The van der Waals surface area contributed by atoms with Gasteiger partial charge in [-0.2, -0.15) is 0 Å². The lowest BCUT2D eigenvalue weighted by atomic mass is 10.1. The lowest BCUT2D eigenvalue weighted by Gasteiger charge is -2.20. The van der Waals surface area contributed by atoms with Crippen molar-refractivity contribution in [3.05, 3.63) is 55.6 Å². The molecule has 0 fully saturated rings. The lowest BCUT2D eigenvalue weighted by Crippen LogP contribution is -2.21. The van der Waals surface area contributed by atoms with Gasteiger partial charge in [-0.25, -0.2) is 0 Å². The Balaban J connectivity index is 2.05. The van der Waals surface area contributed by atoms with Crippen LogP contribution in [0, 0.1) is 0 Å². The first kappa shape index (κ1) is 14.1. The molecule has 0 aliphatic carbocycles. The summed E-state index contributed by atoms with van der Waals surface area (Å²) in [6.07, 6.45) is 0. The van der Waals surface area contributed by atoms with E-state index in [0.717, 1.165) is 5.02 Å². The zero-order valence-electron chi connectivity index (χ0n) is 10.3. The Bertz CT molecular complexity index is 509. The van der Waals surface area contributed by atoms with Gasteiger partial charge in [-0.15, -0.1) is 11.3 Å². The Labute approximate surface area is 125 Å². The van der Waals surface area contributed by atoms with Crippen LogP contribution in [-0.2, 0) is 0 Å². The van der Waals surface area contributed by atoms with E-state index in [1.807, 2.05) is 12.1 Å². The number of halogens is 2. The number of thiophene rings is 1. The Morgan fingerprint density at radius 3 is 2.33 bits per heavy atom. The highest BCUT2D eigenvalue weighted by molar-refractivity contribution is 9.10. The van der Waals surface area contributed by atoms with Crippen molar-refractivity contribution >= 4 is 38.9 Å². The third-order valence-electron chi connectivity index (χ3n) is 2.91. The fourth-order valence-corrected chi connectivity index (χ4v) is 3.77. The van der Waals surface area contributed by atoms with Crippen molar-refractivity contribution in [3.8, 4) is 0 Å². The molecule has 2 atom stereocenters. The molecule has 1 aromatic heterocycles. The van der Waals surface area contributed by atoms with Crippen LogP contribution in [0.3, 0.4) is 0 Å². The van der Waals surface area contributed by atoms with E-state index < -0.39 is 0 Å². The number of hydrogen-bond donors (Lipinski definition) is 1. The summed E-state index contributed by atoms with van der Waals surface area (Å²) >= 11 is 11.2. The molecule has 1 nitrogen and oxygen atoms in total. The van der Waals surface area contributed by atoms with Gasteiger partial charge in [0.25, 0.3) is 0 Å². The van der Waals surface area contributed by atoms with Crippen molar-refractivity contribution in [2.75, 3.05) is 0 Å². The van der Waals surface area contributed by atoms with E-state index in [1.165, 1.54) is 14.9 Å². The van der Waals surface area contributed by atoms with E-state index in [4.69, 9.17) is 11.6 Å². The standard InChI is InChI=1S/C14H15BrClNS/c1-9(11-3-5-12(16)6-4-11)17-10(2)14-13(15)7-8-18-14/h3-10,17H,1-2H3/t9-,10?/m1/s1. The van der Waals surface area contributed by atoms with Crippen molar-refractivity contribution in [2.24, 2.45) is 0 Å². The average molecular weight is 345 g/mol. The summed E-state index contributed by atoms with van der Waals surface area (Å²) in [5.74, 6) is 0. The zero-order chi connectivity index (χ0) is 13.1. The molecule has 0 spiro atoms. The van der Waals surface area contributed by atoms with Crippen LogP contribution in [0.15, 0.2) is 40.2 Å². The number of hydrogen-bond acceptors (Lipinski definition) is 2. The smallest absolute Gasteiger partial charge is 0.0406 e. The molecular weight excluding hydrogens is 330 g/mol. The first-order valence-corrected chi connectivity index (χ1v) is 7.87. The molecule has 1 heterocycles. The van der Waals surface area contributed by atoms with Crippen LogP contribution in [0.5, 0.6) is 0 Å². The number of rotatable bonds is 4. The van der Waals surface area contributed by atoms with E-state index in [-0.39, 0.29) is 0 Å². The Kier molecular flexibility index (Phi) is 4.84. The van der Waals surface area contributed by atoms with Gasteiger partial charge in [0.1, 0.15) is 0 Å². The van der Waals surface area contributed by atoms with Gasteiger partial charge >= 0.3 is 0 Å². The first-order chi connectivity index (χ1) is 8.58. The molecule has 1 unspecified atom stereocenters. The minimum Gasteiger partial charge on any atom is -0.303 e. The van der Waals surface area contributed by atoms with Crippen molar-refractivity contribution in [1.82, 2.24) is 5.32 Å². The van der Waals surface area contributed by atoms with E-state index in [0.29, 0.717) is 12.1 Å². The van der Waals surface area contributed by atoms with Gasteiger partial charge in [0.2, 0.25) is 0 Å². The predicted molar refractivity (Wildman–Crippen MR) is 83.4 cm³/mol. The average Bonchev–Trinajstić information content (AvgIpc) is 2.76.